The van der Waals surface area contributed by atoms with Crippen LogP contribution < -0.4 is 14.8 Å². The Balaban J connectivity index is 1.31. The van der Waals surface area contributed by atoms with Gasteiger partial charge >= 0.3 is 0 Å². The Morgan fingerprint density at radius 3 is 2.03 bits per heavy atom. The van der Waals surface area contributed by atoms with Crippen molar-refractivity contribution < 1.29 is 14.3 Å². The number of carbonyl (C=O) groups excluding carboxylic acids is 1. The normalized spacial score (nSPS) is 10.3. The van der Waals surface area contributed by atoms with Gasteiger partial charge in [-0.25, -0.2) is 0 Å². The van der Waals surface area contributed by atoms with Gasteiger partial charge in [0.1, 0.15) is 17.2 Å². The van der Waals surface area contributed by atoms with Crippen molar-refractivity contribution in [2.75, 3.05) is 11.9 Å². The maximum atomic E-state index is 12.4. The van der Waals surface area contributed by atoms with Gasteiger partial charge in [-0.1, -0.05) is 66.7 Å². The number of hydrogen-bond acceptors (Lipinski definition) is 3. The van der Waals surface area contributed by atoms with Gasteiger partial charge in [-0.05, 0) is 53.6 Å². The van der Waals surface area contributed by atoms with Crippen LogP contribution in [0.15, 0.2) is 109 Å². The summed E-state index contributed by atoms with van der Waals surface area (Å²) < 4.78 is 11.6. The highest BCUT2D eigenvalue weighted by molar-refractivity contribution is 5.91. The Labute approximate surface area is 182 Å². The van der Waals surface area contributed by atoms with E-state index in [4.69, 9.17) is 9.47 Å². The van der Waals surface area contributed by atoms with Crippen LogP contribution in [0.25, 0.3) is 0 Å². The average Bonchev–Trinajstić information content (AvgIpc) is 2.81. The molecule has 4 rings (SSSR count). The fourth-order valence-corrected chi connectivity index (χ4v) is 3.18. The van der Waals surface area contributed by atoms with Crippen molar-refractivity contribution in [1.82, 2.24) is 0 Å². The van der Waals surface area contributed by atoms with Gasteiger partial charge in [0.15, 0.2) is 6.61 Å². The molecule has 0 atom stereocenters. The maximum Gasteiger partial charge on any atom is 0.262 e. The summed E-state index contributed by atoms with van der Waals surface area (Å²) in [5, 5.41) is 2.85. The summed E-state index contributed by atoms with van der Waals surface area (Å²) in [6.45, 7) is -0.0614. The largest absolute Gasteiger partial charge is 0.483 e. The van der Waals surface area contributed by atoms with Crippen LogP contribution in [0.2, 0.25) is 0 Å². The fourth-order valence-electron chi connectivity index (χ4n) is 3.18. The lowest BCUT2D eigenvalue weighted by Gasteiger charge is -2.12. The lowest BCUT2D eigenvalue weighted by molar-refractivity contribution is -0.118. The number of hydrogen-bond donors (Lipinski definition) is 1. The van der Waals surface area contributed by atoms with E-state index in [0.717, 1.165) is 17.7 Å². The van der Waals surface area contributed by atoms with E-state index in [1.54, 1.807) is 12.1 Å². The standard InChI is InChI=1S/C27H23NO3/c29-27(28-23-15-17-25(18-16-23)31-24-12-5-2-6-13-24)20-30-26-14-8-7-11-22(26)19-21-9-3-1-4-10-21/h1-18H,19-20H2,(H,28,29). The van der Waals surface area contributed by atoms with Crippen LogP contribution in [-0.2, 0) is 11.2 Å². The van der Waals surface area contributed by atoms with Gasteiger partial charge in [0, 0.05) is 12.1 Å². The second-order valence-electron chi connectivity index (χ2n) is 7.05. The zero-order valence-corrected chi connectivity index (χ0v) is 17.0. The maximum absolute atomic E-state index is 12.4. The molecule has 0 saturated heterocycles. The summed E-state index contributed by atoms with van der Waals surface area (Å²) >= 11 is 0. The van der Waals surface area contributed by atoms with E-state index in [-0.39, 0.29) is 12.5 Å². The first-order chi connectivity index (χ1) is 15.3. The number of ether oxygens (including phenoxy) is 2. The van der Waals surface area contributed by atoms with Gasteiger partial charge in [0.2, 0.25) is 0 Å². The van der Waals surface area contributed by atoms with Gasteiger partial charge in [-0.2, -0.15) is 0 Å². The molecule has 0 unspecified atom stereocenters. The van der Waals surface area contributed by atoms with Crippen LogP contribution >= 0.6 is 0 Å². The Bertz CT molecular complexity index is 1110. The summed E-state index contributed by atoms with van der Waals surface area (Å²) in [5.74, 6) is 1.97. The van der Waals surface area contributed by atoms with Gasteiger partial charge in [0.05, 0.1) is 0 Å². The van der Waals surface area contributed by atoms with E-state index in [1.165, 1.54) is 5.56 Å². The first-order valence-corrected chi connectivity index (χ1v) is 10.1. The summed E-state index contributed by atoms with van der Waals surface area (Å²) in [6.07, 6.45) is 0.751. The highest BCUT2D eigenvalue weighted by Crippen LogP contribution is 2.23. The van der Waals surface area contributed by atoms with Gasteiger partial charge in [0.25, 0.3) is 5.91 Å². The first kappa shape index (κ1) is 20.2. The third-order valence-electron chi connectivity index (χ3n) is 4.69. The second-order valence-corrected chi connectivity index (χ2v) is 7.05. The molecule has 1 amide bonds. The molecule has 4 aromatic rings. The Hall–Kier alpha value is -4.05. The van der Waals surface area contributed by atoms with Crippen molar-refractivity contribution in [2.45, 2.75) is 6.42 Å². The van der Waals surface area contributed by atoms with Crippen LogP contribution in [0.3, 0.4) is 0 Å². The van der Waals surface area contributed by atoms with Crippen LogP contribution in [0.4, 0.5) is 5.69 Å². The minimum absolute atomic E-state index is 0.0614. The molecule has 4 heteroatoms. The Morgan fingerprint density at radius 1 is 0.677 bits per heavy atom. The molecule has 0 aliphatic heterocycles. The number of amides is 1. The van der Waals surface area contributed by atoms with E-state index < -0.39 is 0 Å². The third kappa shape index (κ3) is 5.97. The fraction of sp³-hybridized carbons (Fsp3) is 0.0741. The van der Waals surface area contributed by atoms with E-state index in [2.05, 4.69) is 17.4 Å². The summed E-state index contributed by atoms with van der Waals surface area (Å²) in [7, 11) is 0. The molecule has 0 spiro atoms. The van der Waals surface area contributed by atoms with Crippen molar-refractivity contribution in [1.29, 1.82) is 0 Å². The van der Waals surface area contributed by atoms with Gasteiger partial charge in [-0.3, -0.25) is 4.79 Å². The summed E-state index contributed by atoms with van der Waals surface area (Å²) in [5.41, 5.74) is 2.93. The third-order valence-corrected chi connectivity index (χ3v) is 4.69. The molecular formula is C27H23NO3. The molecule has 31 heavy (non-hydrogen) atoms. The molecular weight excluding hydrogens is 386 g/mol. The molecule has 0 fully saturated rings. The Kier molecular flexibility index (Phi) is 6.61. The van der Waals surface area contributed by atoms with Crippen molar-refractivity contribution >= 4 is 11.6 Å². The number of nitrogens with one attached hydrogen (secondary N) is 1. The lowest BCUT2D eigenvalue weighted by atomic mass is 10.0. The second kappa shape index (κ2) is 10.1. The number of carbonyl (C=O) groups is 1. The monoisotopic (exact) mass is 409 g/mol. The van der Waals surface area contributed by atoms with E-state index >= 15 is 0 Å². The molecule has 0 saturated carbocycles. The van der Waals surface area contributed by atoms with Crippen LogP contribution in [0, 0.1) is 0 Å². The van der Waals surface area contributed by atoms with Gasteiger partial charge in [-0.15, -0.1) is 0 Å². The summed E-state index contributed by atoms with van der Waals surface area (Å²) in [6, 6.07) is 34.8. The lowest BCUT2D eigenvalue weighted by Crippen LogP contribution is -2.20. The minimum Gasteiger partial charge on any atom is -0.483 e. The first-order valence-electron chi connectivity index (χ1n) is 10.1. The SMILES string of the molecule is O=C(COc1ccccc1Cc1ccccc1)Nc1ccc(Oc2ccccc2)cc1. The highest BCUT2D eigenvalue weighted by atomic mass is 16.5. The topological polar surface area (TPSA) is 47.6 Å². The van der Waals surface area contributed by atoms with E-state index in [9.17, 15) is 4.79 Å². The molecule has 0 aliphatic carbocycles. The number of benzene rings is 4. The van der Waals surface area contributed by atoms with Crippen molar-refractivity contribution in [2.24, 2.45) is 0 Å². The molecule has 0 bridgehead atoms. The predicted octanol–water partition coefficient (Wildman–Crippen LogP) is 6.09. The van der Waals surface area contributed by atoms with Crippen molar-refractivity contribution in [3.05, 3.63) is 120 Å². The molecule has 154 valence electrons. The minimum atomic E-state index is -0.216. The average molecular weight is 409 g/mol. The number of para-hydroxylation sites is 2. The van der Waals surface area contributed by atoms with Crippen LogP contribution in [0.1, 0.15) is 11.1 Å². The van der Waals surface area contributed by atoms with E-state index in [1.807, 2.05) is 84.9 Å². The number of anilines is 1. The van der Waals surface area contributed by atoms with Gasteiger partial charge < -0.3 is 14.8 Å². The zero-order valence-electron chi connectivity index (χ0n) is 17.0. The van der Waals surface area contributed by atoms with Crippen molar-refractivity contribution in [3.8, 4) is 17.2 Å². The molecule has 1 N–H and O–H groups in total. The smallest absolute Gasteiger partial charge is 0.262 e. The Morgan fingerprint density at radius 2 is 1.29 bits per heavy atom. The molecule has 0 aromatic heterocycles. The van der Waals surface area contributed by atoms with Crippen molar-refractivity contribution in [3.63, 3.8) is 0 Å². The van der Waals surface area contributed by atoms with Crippen LogP contribution in [0.5, 0.6) is 17.2 Å². The predicted molar refractivity (Wildman–Crippen MR) is 123 cm³/mol. The molecule has 0 radical (unpaired) electrons. The summed E-state index contributed by atoms with van der Waals surface area (Å²) in [4.78, 5) is 12.4. The zero-order chi connectivity index (χ0) is 21.3. The molecule has 4 aromatic carbocycles. The highest BCUT2D eigenvalue weighted by Gasteiger charge is 2.08. The molecule has 0 aliphatic rings. The molecule has 4 nitrogen and oxygen atoms in total. The quantitative estimate of drug-likeness (QED) is 0.383. The van der Waals surface area contributed by atoms with Crippen LogP contribution in [-0.4, -0.2) is 12.5 Å². The van der Waals surface area contributed by atoms with E-state index in [0.29, 0.717) is 17.2 Å². The number of rotatable bonds is 8. The molecule has 0 heterocycles.